The fourth-order valence-corrected chi connectivity index (χ4v) is 1.49. The van der Waals surface area contributed by atoms with Gasteiger partial charge in [0.1, 0.15) is 0 Å². The van der Waals surface area contributed by atoms with E-state index in [1.807, 2.05) is 0 Å². The fourth-order valence-electron chi connectivity index (χ4n) is 1.34. The largest absolute Gasteiger partial charge is 0.316 e. The van der Waals surface area contributed by atoms with E-state index in [-0.39, 0.29) is 0 Å². The van der Waals surface area contributed by atoms with Crippen LogP contribution in [0.4, 0.5) is 0 Å². The van der Waals surface area contributed by atoms with Crippen LogP contribution in [0.2, 0.25) is 5.02 Å². The molecule has 0 aliphatic rings. The summed E-state index contributed by atoms with van der Waals surface area (Å²) in [5.74, 6) is 0. The van der Waals surface area contributed by atoms with Gasteiger partial charge in [0.05, 0.1) is 16.2 Å². The van der Waals surface area contributed by atoms with E-state index in [2.05, 4.69) is 9.97 Å². The van der Waals surface area contributed by atoms with Crippen LogP contribution < -0.4 is 11.1 Å². The van der Waals surface area contributed by atoms with E-state index in [0.29, 0.717) is 21.9 Å². The van der Waals surface area contributed by atoms with Gasteiger partial charge in [0.2, 0.25) is 0 Å². The summed E-state index contributed by atoms with van der Waals surface area (Å²) in [7, 11) is 1.51. The van der Waals surface area contributed by atoms with Crippen molar-refractivity contribution in [3.63, 3.8) is 0 Å². The second kappa shape index (κ2) is 3.20. The summed E-state index contributed by atoms with van der Waals surface area (Å²) in [5, 5.41) is 0.463. The number of halogens is 1. The molecule has 0 atom stereocenters. The van der Waals surface area contributed by atoms with Gasteiger partial charge in [0, 0.05) is 7.05 Å². The average molecular weight is 226 g/mol. The molecule has 2 heterocycles. The fraction of sp³-hybridized carbons (Fsp3) is 0.222. The molecule has 0 bridgehead atoms. The lowest BCUT2D eigenvalue weighted by Crippen LogP contribution is -2.35. The smallest absolute Gasteiger partial charge is 0.304 e. The number of hydrogen-bond acceptors (Lipinski definition) is 3. The number of nitrogens with one attached hydrogen (secondary N) is 1. The van der Waals surface area contributed by atoms with Gasteiger partial charge in [-0.15, -0.1) is 0 Å². The third-order valence-electron chi connectivity index (χ3n) is 2.22. The zero-order chi connectivity index (χ0) is 11.2. The van der Waals surface area contributed by atoms with E-state index < -0.39 is 11.1 Å². The van der Waals surface area contributed by atoms with E-state index in [0.717, 1.165) is 0 Å². The van der Waals surface area contributed by atoms with Crippen molar-refractivity contribution >= 4 is 22.8 Å². The first-order valence-electron chi connectivity index (χ1n) is 4.27. The first-order chi connectivity index (χ1) is 7.00. The Morgan fingerprint density at radius 2 is 2.13 bits per heavy atom. The van der Waals surface area contributed by atoms with E-state index in [4.69, 9.17) is 11.6 Å². The van der Waals surface area contributed by atoms with E-state index >= 15 is 0 Å². The van der Waals surface area contributed by atoms with Crippen molar-refractivity contribution in [2.45, 2.75) is 6.92 Å². The van der Waals surface area contributed by atoms with Crippen LogP contribution in [0.3, 0.4) is 0 Å². The predicted molar refractivity (Wildman–Crippen MR) is 57.4 cm³/mol. The summed E-state index contributed by atoms with van der Waals surface area (Å²) >= 11 is 5.88. The third-order valence-corrected chi connectivity index (χ3v) is 2.61. The molecule has 5 nitrogen and oxygen atoms in total. The van der Waals surface area contributed by atoms with Crippen molar-refractivity contribution in [2.75, 3.05) is 0 Å². The van der Waals surface area contributed by atoms with Gasteiger partial charge < -0.3 is 9.55 Å². The lowest BCUT2D eigenvalue weighted by atomic mass is 10.3. The molecule has 6 heteroatoms. The number of aromatic amines is 1. The van der Waals surface area contributed by atoms with Crippen LogP contribution in [-0.2, 0) is 7.05 Å². The lowest BCUT2D eigenvalue weighted by molar-refractivity contribution is 0.867. The molecule has 0 aliphatic carbocycles. The highest BCUT2D eigenvalue weighted by Gasteiger charge is 2.07. The number of H-pyrrole nitrogens is 1. The highest BCUT2D eigenvalue weighted by molar-refractivity contribution is 6.31. The molecule has 78 valence electrons. The van der Waals surface area contributed by atoms with Crippen LogP contribution in [0.15, 0.2) is 15.7 Å². The predicted octanol–water partition coefficient (Wildman–Crippen LogP) is 0.584. The molecule has 0 aliphatic heterocycles. The number of rotatable bonds is 0. The molecule has 0 unspecified atom stereocenters. The van der Waals surface area contributed by atoms with Gasteiger partial charge in [0.25, 0.3) is 0 Å². The van der Waals surface area contributed by atoms with Crippen LogP contribution in [0, 0.1) is 6.92 Å². The zero-order valence-electron chi connectivity index (χ0n) is 8.17. The molecule has 1 N–H and O–H groups in total. The van der Waals surface area contributed by atoms with Crippen LogP contribution in [0.5, 0.6) is 0 Å². The molecule has 2 aromatic heterocycles. The van der Waals surface area contributed by atoms with E-state index in [1.54, 1.807) is 13.0 Å². The topological polar surface area (TPSA) is 67.8 Å². The maximum atomic E-state index is 11.3. The summed E-state index contributed by atoms with van der Waals surface area (Å²) in [6.45, 7) is 1.73. The molecule has 0 aromatic carbocycles. The van der Waals surface area contributed by atoms with Crippen molar-refractivity contribution in [2.24, 2.45) is 7.05 Å². The molecule has 0 radical (unpaired) electrons. The molecule has 15 heavy (non-hydrogen) atoms. The highest BCUT2D eigenvalue weighted by atomic mass is 35.5. The minimum absolute atomic E-state index is 0.365. The van der Waals surface area contributed by atoms with E-state index in [9.17, 15) is 9.59 Å². The Balaban J connectivity index is 3.06. The Hall–Kier alpha value is -1.62. The molecular weight excluding hydrogens is 218 g/mol. The van der Waals surface area contributed by atoms with Crippen LogP contribution in [0.25, 0.3) is 11.2 Å². The summed E-state index contributed by atoms with van der Waals surface area (Å²) in [5.41, 5.74) is 0.182. The van der Waals surface area contributed by atoms with Gasteiger partial charge in [-0.05, 0) is 13.0 Å². The van der Waals surface area contributed by atoms with Crippen molar-refractivity contribution in [1.29, 1.82) is 0 Å². The van der Waals surface area contributed by atoms with Gasteiger partial charge in [-0.3, -0.25) is 9.59 Å². The first-order valence-corrected chi connectivity index (χ1v) is 4.64. The van der Waals surface area contributed by atoms with Crippen molar-refractivity contribution < 1.29 is 0 Å². The molecule has 0 saturated carbocycles. The number of fused-ring (bicyclic) bond motifs is 1. The minimum Gasteiger partial charge on any atom is -0.304 e. The number of aromatic nitrogens is 3. The Morgan fingerprint density at radius 3 is 2.80 bits per heavy atom. The standard InChI is InChI=1S/C9H8ClN3O2/c1-4-5(10)3-6-7(11-4)12-8(14)9(15)13(6)2/h3H,1-2H3,(H,11,12,14). The summed E-state index contributed by atoms with van der Waals surface area (Å²) in [6.07, 6.45) is 0. The minimum atomic E-state index is -0.681. The van der Waals surface area contributed by atoms with Crippen LogP contribution in [0.1, 0.15) is 5.69 Å². The lowest BCUT2D eigenvalue weighted by Gasteiger charge is -2.04. The van der Waals surface area contributed by atoms with Gasteiger partial charge in [-0.1, -0.05) is 11.6 Å². The number of aryl methyl sites for hydroxylation is 2. The maximum Gasteiger partial charge on any atom is 0.316 e. The number of hydrogen-bond donors (Lipinski definition) is 1. The third kappa shape index (κ3) is 1.45. The Labute approximate surface area is 89.3 Å². The van der Waals surface area contributed by atoms with Gasteiger partial charge in [-0.25, -0.2) is 4.98 Å². The van der Waals surface area contributed by atoms with Crippen molar-refractivity contribution in [3.05, 3.63) is 37.5 Å². The monoisotopic (exact) mass is 225 g/mol. The molecular formula is C9H8ClN3O2. The average Bonchev–Trinajstić information content (AvgIpc) is 2.19. The summed E-state index contributed by atoms with van der Waals surface area (Å²) in [6, 6.07) is 1.61. The molecule has 0 fully saturated rings. The quantitative estimate of drug-likeness (QED) is 0.667. The van der Waals surface area contributed by atoms with Gasteiger partial charge in [-0.2, -0.15) is 0 Å². The SMILES string of the molecule is Cc1nc2[nH]c(=O)c(=O)n(C)c2cc1Cl. The normalized spacial score (nSPS) is 10.9. The second-order valence-corrected chi connectivity index (χ2v) is 3.65. The molecule has 0 saturated heterocycles. The van der Waals surface area contributed by atoms with Crippen LogP contribution in [-0.4, -0.2) is 14.5 Å². The van der Waals surface area contributed by atoms with Crippen molar-refractivity contribution in [1.82, 2.24) is 14.5 Å². The van der Waals surface area contributed by atoms with Gasteiger partial charge >= 0.3 is 11.1 Å². The number of pyridine rings is 1. The molecule has 0 amide bonds. The highest BCUT2D eigenvalue weighted by Crippen LogP contribution is 2.16. The Kier molecular flexibility index (Phi) is 2.12. The molecule has 2 rings (SSSR count). The van der Waals surface area contributed by atoms with Crippen LogP contribution >= 0.6 is 11.6 Å². The first kappa shape index (κ1) is 9.92. The Bertz CT molecular complexity index is 657. The molecule has 2 aromatic rings. The van der Waals surface area contributed by atoms with Crippen molar-refractivity contribution in [3.8, 4) is 0 Å². The van der Waals surface area contributed by atoms with Gasteiger partial charge in [0.15, 0.2) is 5.65 Å². The number of nitrogens with zero attached hydrogens (tertiary/aromatic N) is 2. The summed E-state index contributed by atoms with van der Waals surface area (Å²) in [4.78, 5) is 29.0. The zero-order valence-corrected chi connectivity index (χ0v) is 8.92. The van der Waals surface area contributed by atoms with E-state index in [1.165, 1.54) is 11.6 Å². The second-order valence-electron chi connectivity index (χ2n) is 3.24. The maximum absolute atomic E-state index is 11.3. The molecule has 0 spiro atoms. The summed E-state index contributed by atoms with van der Waals surface area (Å²) < 4.78 is 1.23. The Morgan fingerprint density at radius 1 is 1.47 bits per heavy atom.